The smallest absolute Gasteiger partial charge is 0 e. The molecule has 91 valence electrons. The van der Waals surface area contributed by atoms with E-state index in [4.69, 9.17) is 0 Å². The molecule has 0 aromatic rings. The molecule has 15 heavy (non-hydrogen) atoms. The van der Waals surface area contributed by atoms with Crippen molar-refractivity contribution in [2.45, 2.75) is 47.0 Å². The molecule has 0 aromatic carbocycles. The standard InChI is InChI=1S/C12H26N.CH3.Y/c1-6-9-13(10-7-2)11-12(4,5)8-3;;/h4,6-11H2,1-3,5H3;1H3;/q2*-1;. The van der Waals surface area contributed by atoms with E-state index < -0.39 is 0 Å². The van der Waals surface area contributed by atoms with Gasteiger partial charge in [0.25, 0.3) is 0 Å². The molecule has 1 radical (unpaired) electrons. The molecule has 0 heterocycles. The fourth-order valence-electron chi connectivity index (χ4n) is 1.55. The van der Waals surface area contributed by atoms with Crippen molar-refractivity contribution < 1.29 is 32.7 Å². The Balaban J connectivity index is -0.000000720. The molecule has 0 N–H and O–H groups in total. The zero-order chi connectivity index (χ0) is 10.3. The van der Waals surface area contributed by atoms with Crippen molar-refractivity contribution in [1.29, 1.82) is 0 Å². The first kappa shape index (κ1) is 21.4. The molecule has 0 aliphatic carbocycles. The Kier molecular flexibility index (Phi) is 16.4. The van der Waals surface area contributed by atoms with Crippen molar-refractivity contribution >= 4 is 0 Å². The van der Waals surface area contributed by atoms with E-state index >= 15 is 0 Å². The average molecular weight is 288 g/mol. The molecule has 0 rings (SSSR count). The monoisotopic (exact) mass is 288 g/mol. The van der Waals surface area contributed by atoms with Gasteiger partial charge in [-0.05, 0) is 32.5 Å². The minimum atomic E-state index is 0. The largest absolute Gasteiger partial charge is 0.358 e. The summed E-state index contributed by atoms with van der Waals surface area (Å²) in [6, 6.07) is 0. The van der Waals surface area contributed by atoms with Gasteiger partial charge in [0.1, 0.15) is 0 Å². The number of hydrogen-bond donors (Lipinski definition) is 0. The summed E-state index contributed by atoms with van der Waals surface area (Å²) in [5, 5.41) is 0. The van der Waals surface area contributed by atoms with E-state index in [-0.39, 0.29) is 45.6 Å². The van der Waals surface area contributed by atoms with Gasteiger partial charge < -0.3 is 19.3 Å². The second-order valence-electron chi connectivity index (χ2n) is 4.44. The van der Waals surface area contributed by atoms with Gasteiger partial charge >= 0.3 is 0 Å². The fraction of sp³-hybridized carbons (Fsp3) is 0.846. The molecule has 2 heteroatoms. The van der Waals surface area contributed by atoms with Gasteiger partial charge in [0, 0.05) is 32.7 Å². The quantitative estimate of drug-likeness (QED) is 0.644. The maximum Gasteiger partial charge on any atom is 0 e. The Bertz CT molecular complexity index is 118. The minimum Gasteiger partial charge on any atom is -0.358 e. The Morgan fingerprint density at radius 1 is 1.07 bits per heavy atom. The predicted octanol–water partition coefficient (Wildman–Crippen LogP) is 3.81. The van der Waals surface area contributed by atoms with E-state index in [2.05, 4.69) is 39.5 Å². The number of nitrogens with zero attached hydrogens (tertiary/aromatic N) is 1. The summed E-state index contributed by atoms with van der Waals surface area (Å²) in [7, 11) is 0. The topological polar surface area (TPSA) is 3.24 Å². The zero-order valence-electron chi connectivity index (χ0n) is 11.5. The molecule has 0 fully saturated rings. The molecule has 0 aliphatic heterocycles. The van der Waals surface area contributed by atoms with E-state index in [1.807, 2.05) is 0 Å². The van der Waals surface area contributed by atoms with Crippen molar-refractivity contribution in [3.8, 4) is 0 Å². The van der Waals surface area contributed by atoms with Crippen LogP contribution >= 0.6 is 0 Å². The van der Waals surface area contributed by atoms with E-state index in [0.29, 0.717) is 0 Å². The Hall–Kier alpha value is 1.06. The van der Waals surface area contributed by atoms with Gasteiger partial charge in [0.15, 0.2) is 0 Å². The predicted molar refractivity (Wildman–Crippen MR) is 67.2 cm³/mol. The molecule has 0 amide bonds. The van der Waals surface area contributed by atoms with Gasteiger partial charge in [-0.3, -0.25) is 0 Å². The van der Waals surface area contributed by atoms with Crippen molar-refractivity contribution in [3.63, 3.8) is 0 Å². The minimum absolute atomic E-state index is 0. The van der Waals surface area contributed by atoms with Crippen LogP contribution in [0.2, 0.25) is 0 Å². The van der Waals surface area contributed by atoms with Gasteiger partial charge in [-0.25, -0.2) is 0 Å². The van der Waals surface area contributed by atoms with Crippen molar-refractivity contribution in [2.75, 3.05) is 19.6 Å². The van der Waals surface area contributed by atoms with Crippen LogP contribution < -0.4 is 0 Å². The number of rotatable bonds is 7. The average Bonchev–Trinajstić information content (AvgIpc) is 2.05. The third-order valence-electron chi connectivity index (χ3n) is 2.54. The molecule has 0 aromatic heterocycles. The molecule has 0 aliphatic rings. The first-order valence-corrected chi connectivity index (χ1v) is 5.63. The van der Waals surface area contributed by atoms with Crippen LogP contribution in [-0.4, -0.2) is 24.5 Å². The molecule has 0 bridgehead atoms. The molecule has 1 nitrogen and oxygen atoms in total. The summed E-state index contributed by atoms with van der Waals surface area (Å²) in [6.07, 6.45) is 3.66. The summed E-state index contributed by atoms with van der Waals surface area (Å²) in [6.45, 7) is 16.8. The van der Waals surface area contributed by atoms with E-state index in [9.17, 15) is 0 Å². The van der Waals surface area contributed by atoms with E-state index in [0.717, 1.165) is 13.0 Å². The SMILES string of the molecule is [CH2-]C(C)(CC)CN(CCC)CCC.[CH3-].[Y]. The summed E-state index contributed by atoms with van der Waals surface area (Å²) < 4.78 is 0. The van der Waals surface area contributed by atoms with Crippen molar-refractivity contribution in [2.24, 2.45) is 5.41 Å². The Morgan fingerprint density at radius 2 is 1.47 bits per heavy atom. The summed E-state index contributed by atoms with van der Waals surface area (Å²) in [5.41, 5.74) is 0.240. The summed E-state index contributed by atoms with van der Waals surface area (Å²) >= 11 is 0. The second-order valence-corrected chi connectivity index (χ2v) is 4.44. The normalized spacial score (nSPS) is 14.0. The van der Waals surface area contributed by atoms with Crippen LogP contribution in [0, 0.1) is 19.8 Å². The van der Waals surface area contributed by atoms with Crippen LogP contribution in [0.5, 0.6) is 0 Å². The maximum atomic E-state index is 4.25. The van der Waals surface area contributed by atoms with Crippen LogP contribution in [0.1, 0.15) is 47.0 Å². The van der Waals surface area contributed by atoms with Crippen LogP contribution in [0.15, 0.2) is 0 Å². The maximum absolute atomic E-state index is 4.25. The fourth-order valence-corrected chi connectivity index (χ4v) is 1.55. The first-order chi connectivity index (χ1) is 6.05. The second kappa shape index (κ2) is 11.5. The summed E-state index contributed by atoms with van der Waals surface area (Å²) in [4.78, 5) is 2.54. The van der Waals surface area contributed by atoms with Crippen LogP contribution in [0.4, 0.5) is 0 Å². The third-order valence-corrected chi connectivity index (χ3v) is 2.54. The molecule has 1 unspecified atom stereocenters. The molecule has 0 spiro atoms. The van der Waals surface area contributed by atoms with Crippen molar-refractivity contribution in [3.05, 3.63) is 14.4 Å². The molecule has 0 saturated carbocycles. The Morgan fingerprint density at radius 3 is 1.73 bits per heavy atom. The van der Waals surface area contributed by atoms with Crippen LogP contribution in [-0.2, 0) is 32.7 Å². The third kappa shape index (κ3) is 11.3. The van der Waals surface area contributed by atoms with Crippen LogP contribution in [0.3, 0.4) is 0 Å². The number of hydrogen-bond acceptors (Lipinski definition) is 1. The summed E-state index contributed by atoms with van der Waals surface area (Å²) in [5.74, 6) is 0. The molecular formula is C13H29NY-2. The zero-order valence-corrected chi connectivity index (χ0v) is 14.3. The van der Waals surface area contributed by atoms with Gasteiger partial charge in [0.2, 0.25) is 0 Å². The molecule has 1 atom stereocenters. The van der Waals surface area contributed by atoms with E-state index in [1.165, 1.54) is 25.9 Å². The molecule has 0 saturated heterocycles. The van der Waals surface area contributed by atoms with Gasteiger partial charge in [-0.15, -0.1) is 5.41 Å². The van der Waals surface area contributed by atoms with Crippen molar-refractivity contribution in [1.82, 2.24) is 4.90 Å². The van der Waals surface area contributed by atoms with Gasteiger partial charge in [-0.1, -0.05) is 34.1 Å². The van der Waals surface area contributed by atoms with Gasteiger partial charge in [-0.2, -0.15) is 0 Å². The Labute approximate surface area is 123 Å². The first-order valence-electron chi connectivity index (χ1n) is 5.63. The van der Waals surface area contributed by atoms with E-state index in [1.54, 1.807) is 0 Å². The van der Waals surface area contributed by atoms with Crippen LogP contribution in [0.25, 0.3) is 0 Å². The van der Waals surface area contributed by atoms with Gasteiger partial charge in [0.05, 0.1) is 0 Å². The molecular weight excluding hydrogens is 259 g/mol.